The summed E-state index contributed by atoms with van der Waals surface area (Å²) in [6, 6.07) is 16.4. The number of nitrogens with zero attached hydrogens (tertiary/aromatic N) is 4. The lowest BCUT2D eigenvalue weighted by Crippen LogP contribution is -2.37. The summed E-state index contributed by atoms with van der Waals surface area (Å²) < 4.78 is 7.62. The summed E-state index contributed by atoms with van der Waals surface area (Å²) >= 11 is 7.96. The molecule has 0 saturated carbocycles. The monoisotopic (exact) mass is 400 g/mol. The van der Waals surface area contributed by atoms with E-state index in [0.29, 0.717) is 13.2 Å². The Morgan fingerprint density at radius 3 is 2.52 bits per heavy atom. The molecule has 3 aromatic rings. The van der Waals surface area contributed by atoms with E-state index in [9.17, 15) is 0 Å². The summed E-state index contributed by atoms with van der Waals surface area (Å²) in [5, 5.41) is 10.6. The van der Waals surface area contributed by atoms with Gasteiger partial charge in [-0.3, -0.25) is 4.57 Å². The Labute approximate surface area is 168 Å². The van der Waals surface area contributed by atoms with Gasteiger partial charge < -0.3 is 9.64 Å². The lowest BCUT2D eigenvalue weighted by molar-refractivity contribution is 0.122. The fraction of sp³-hybridized carbons (Fsp3) is 0.300. The molecule has 0 spiro atoms. The quantitative estimate of drug-likeness (QED) is 0.595. The third-order valence-electron chi connectivity index (χ3n) is 4.52. The highest BCUT2D eigenvalue weighted by Gasteiger charge is 2.22. The molecule has 1 aliphatic heterocycles. The van der Waals surface area contributed by atoms with Gasteiger partial charge in [-0.2, -0.15) is 0 Å². The van der Waals surface area contributed by atoms with E-state index in [0.717, 1.165) is 46.2 Å². The minimum Gasteiger partial charge on any atom is -0.378 e. The average molecular weight is 401 g/mol. The Morgan fingerprint density at radius 2 is 1.78 bits per heavy atom. The number of anilines is 1. The molecule has 0 bridgehead atoms. The molecule has 1 aromatic heterocycles. The number of halogens is 1. The molecule has 140 valence electrons. The molecule has 1 fully saturated rings. The van der Waals surface area contributed by atoms with Crippen molar-refractivity contribution in [2.75, 3.05) is 31.2 Å². The Balaban J connectivity index is 1.67. The Morgan fingerprint density at radius 1 is 1.04 bits per heavy atom. The number of ether oxygens (including phenoxy) is 1. The van der Waals surface area contributed by atoms with Crippen molar-refractivity contribution in [2.24, 2.45) is 0 Å². The minimum atomic E-state index is 0.711. The third-order valence-corrected chi connectivity index (χ3v) is 5.86. The summed E-state index contributed by atoms with van der Waals surface area (Å²) in [6.45, 7) is 5.15. The standard InChI is InChI=1S/C20H21ClN4OS/c1-15-6-8-17(9-7-15)25-19(24-10-12-26-13-11-24)22-23-20(25)27-14-16-4-2-3-5-18(16)21/h2-9H,10-14H2,1H3. The van der Waals surface area contributed by atoms with Crippen LogP contribution in [0, 0.1) is 6.92 Å². The van der Waals surface area contributed by atoms with Gasteiger partial charge in [-0.1, -0.05) is 59.3 Å². The molecule has 0 unspecified atom stereocenters. The molecule has 27 heavy (non-hydrogen) atoms. The van der Waals surface area contributed by atoms with Crippen LogP contribution in [0.3, 0.4) is 0 Å². The molecule has 4 rings (SSSR count). The molecule has 0 N–H and O–H groups in total. The van der Waals surface area contributed by atoms with E-state index in [2.05, 4.69) is 50.9 Å². The first kappa shape index (κ1) is 18.3. The van der Waals surface area contributed by atoms with Crippen molar-refractivity contribution < 1.29 is 4.74 Å². The minimum absolute atomic E-state index is 0.711. The number of aromatic nitrogens is 3. The van der Waals surface area contributed by atoms with Crippen molar-refractivity contribution in [3.05, 3.63) is 64.7 Å². The van der Waals surface area contributed by atoms with Gasteiger partial charge >= 0.3 is 0 Å². The SMILES string of the molecule is Cc1ccc(-n2c(SCc3ccccc3Cl)nnc2N2CCOCC2)cc1. The summed E-state index contributed by atoms with van der Waals surface area (Å²) in [7, 11) is 0. The summed E-state index contributed by atoms with van der Waals surface area (Å²) in [6.07, 6.45) is 0. The van der Waals surface area contributed by atoms with Crippen molar-refractivity contribution in [3.8, 4) is 5.69 Å². The number of aryl methyl sites for hydroxylation is 1. The van der Waals surface area contributed by atoms with E-state index in [4.69, 9.17) is 16.3 Å². The molecule has 7 heteroatoms. The molecule has 0 radical (unpaired) electrons. The number of hydrogen-bond acceptors (Lipinski definition) is 5. The number of hydrogen-bond donors (Lipinski definition) is 0. The van der Waals surface area contributed by atoms with Gasteiger partial charge in [0.15, 0.2) is 5.16 Å². The molecule has 0 amide bonds. The summed E-state index contributed by atoms with van der Waals surface area (Å²) in [5.74, 6) is 1.61. The predicted molar refractivity (Wildman–Crippen MR) is 110 cm³/mol. The van der Waals surface area contributed by atoms with Crippen molar-refractivity contribution in [2.45, 2.75) is 17.8 Å². The van der Waals surface area contributed by atoms with E-state index < -0.39 is 0 Å². The molecule has 2 aromatic carbocycles. The summed E-state index contributed by atoms with van der Waals surface area (Å²) in [4.78, 5) is 2.23. The van der Waals surface area contributed by atoms with Crippen LogP contribution in [0.2, 0.25) is 5.02 Å². The van der Waals surface area contributed by atoms with Crippen LogP contribution in [0.15, 0.2) is 53.7 Å². The van der Waals surface area contributed by atoms with Crippen LogP contribution >= 0.6 is 23.4 Å². The van der Waals surface area contributed by atoms with Crippen LogP contribution in [0.25, 0.3) is 5.69 Å². The molecular weight excluding hydrogens is 380 g/mol. The second kappa shape index (κ2) is 8.33. The van der Waals surface area contributed by atoms with E-state index in [1.54, 1.807) is 11.8 Å². The fourth-order valence-corrected chi connectivity index (χ4v) is 4.23. The fourth-order valence-electron chi connectivity index (χ4n) is 3.00. The van der Waals surface area contributed by atoms with Crippen LogP contribution in [-0.4, -0.2) is 41.1 Å². The molecule has 5 nitrogen and oxygen atoms in total. The number of morpholine rings is 1. The van der Waals surface area contributed by atoms with Crippen molar-refractivity contribution in [1.29, 1.82) is 0 Å². The van der Waals surface area contributed by atoms with Crippen LogP contribution in [0.1, 0.15) is 11.1 Å². The van der Waals surface area contributed by atoms with Gasteiger partial charge in [0.1, 0.15) is 0 Å². The Bertz CT molecular complexity index is 907. The molecule has 2 heterocycles. The normalized spacial score (nSPS) is 14.5. The average Bonchev–Trinajstić information content (AvgIpc) is 3.12. The zero-order valence-corrected chi connectivity index (χ0v) is 16.7. The molecule has 1 saturated heterocycles. The molecule has 0 aliphatic carbocycles. The van der Waals surface area contributed by atoms with Gasteiger partial charge in [0, 0.05) is 23.9 Å². The zero-order chi connectivity index (χ0) is 18.6. The highest BCUT2D eigenvalue weighted by molar-refractivity contribution is 7.98. The van der Waals surface area contributed by atoms with Gasteiger partial charge in [-0.05, 0) is 30.7 Å². The molecular formula is C20H21ClN4OS. The van der Waals surface area contributed by atoms with Gasteiger partial charge in [-0.25, -0.2) is 0 Å². The van der Waals surface area contributed by atoms with E-state index in [-0.39, 0.29) is 0 Å². The first-order valence-corrected chi connectivity index (χ1v) is 10.3. The maximum Gasteiger partial charge on any atom is 0.232 e. The van der Waals surface area contributed by atoms with Gasteiger partial charge in [0.05, 0.1) is 18.9 Å². The maximum atomic E-state index is 6.31. The highest BCUT2D eigenvalue weighted by atomic mass is 35.5. The maximum absolute atomic E-state index is 6.31. The predicted octanol–water partition coefficient (Wildman–Crippen LogP) is 4.36. The first-order chi connectivity index (χ1) is 13.2. The zero-order valence-electron chi connectivity index (χ0n) is 15.1. The third kappa shape index (κ3) is 4.13. The Kier molecular flexibility index (Phi) is 5.66. The highest BCUT2D eigenvalue weighted by Crippen LogP contribution is 2.31. The lowest BCUT2D eigenvalue weighted by Gasteiger charge is -2.28. The van der Waals surface area contributed by atoms with E-state index in [1.165, 1.54) is 5.56 Å². The molecule has 1 aliphatic rings. The Hall–Kier alpha value is -2.02. The van der Waals surface area contributed by atoms with Gasteiger partial charge in [0.25, 0.3) is 0 Å². The number of thioether (sulfide) groups is 1. The second-order valence-corrected chi connectivity index (χ2v) is 7.78. The smallest absolute Gasteiger partial charge is 0.232 e. The van der Waals surface area contributed by atoms with E-state index in [1.807, 2.05) is 24.3 Å². The first-order valence-electron chi connectivity index (χ1n) is 8.94. The topological polar surface area (TPSA) is 43.2 Å². The van der Waals surface area contributed by atoms with Gasteiger partial charge in [0.2, 0.25) is 5.95 Å². The van der Waals surface area contributed by atoms with Crippen LogP contribution in [-0.2, 0) is 10.5 Å². The summed E-state index contributed by atoms with van der Waals surface area (Å²) in [5.41, 5.74) is 3.38. The van der Waals surface area contributed by atoms with Crippen molar-refractivity contribution in [1.82, 2.24) is 14.8 Å². The second-order valence-electron chi connectivity index (χ2n) is 6.43. The van der Waals surface area contributed by atoms with Crippen LogP contribution in [0.4, 0.5) is 5.95 Å². The number of benzene rings is 2. The molecule has 0 atom stereocenters. The van der Waals surface area contributed by atoms with Crippen molar-refractivity contribution in [3.63, 3.8) is 0 Å². The van der Waals surface area contributed by atoms with E-state index >= 15 is 0 Å². The van der Waals surface area contributed by atoms with Crippen molar-refractivity contribution >= 4 is 29.3 Å². The largest absolute Gasteiger partial charge is 0.378 e. The van der Waals surface area contributed by atoms with Crippen LogP contribution < -0.4 is 4.90 Å². The van der Waals surface area contributed by atoms with Crippen LogP contribution in [0.5, 0.6) is 0 Å². The van der Waals surface area contributed by atoms with Gasteiger partial charge in [-0.15, -0.1) is 10.2 Å². The number of rotatable bonds is 5. The lowest BCUT2D eigenvalue weighted by atomic mass is 10.2.